The molecular weight excluding hydrogens is 312 g/mol. The zero-order valence-electron chi connectivity index (χ0n) is 14.7. The predicted octanol–water partition coefficient (Wildman–Crippen LogP) is 3.24. The molecule has 0 saturated carbocycles. The first-order valence-electron chi connectivity index (χ1n) is 8.98. The van der Waals surface area contributed by atoms with E-state index in [0.29, 0.717) is 5.89 Å². The van der Waals surface area contributed by atoms with E-state index in [9.17, 15) is 0 Å². The van der Waals surface area contributed by atoms with E-state index in [4.69, 9.17) is 4.52 Å². The van der Waals surface area contributed by atoms with Crippen molar-refractivity contribution in [2.75, 3.05) is 26.2 Å². The molecular formula is C20H24N4O. The molecule has 1 aliphatic heterocycles. The van der Waals surface area contributed by atoms with Crippen molar-refractivity contribution in [3.63, 3.8) is 0 Å². The first-order valence-corrected chi connectivity index (χ1v) is 8.98. The zero-order chi connectivity index (χ0) is 17.1. The van der Waals surface area contributed by atoms with Gasteiger partial charge in [0.25, 0.3) is 0 Å². The lowest BCUT2D eigenvalue weighted by Gasteiger charge is -2.21. The van der Waals surface area contributed by atoms with Crippen molar-refractivity contribution >= 4 is 10.8 Å². The van der Waals surface area contributed by atoms with Gasteiger partial charge in [0.1, 0.15) is 0 Å². The van der Waals surface area contributed by atoms with Crippen LogP contribution in [0.1, 0.15) is 23.7 Å². The van der Waals surface area contributed by atoms with Gasteiger partial charge < -0.3 is 4.52 Å². The van der Waals surface area contributed by atoms with Crippen molar-refractivity contribution in [1.29, 1.82) is 0 Å². The van der Waals surface area contributed by atoms with Crippen LogP contribution in [0.15, 0.2) is 47.0 Å². The summed E-state index contributed by atoms with van der Waals surface area (Å²) in [4.78, 5) is 9.31. The Morgan fingerprint density at radius 1 is 0.920 bits per heavy atom. The summed E-state index contributed by atoms with van der Waals surface area (Å²) in [5.41, 5.74) is 1.42. The molecule has 0 radical (unpaired) electrons. The van der Waals surface area contributed by atoms with Gasteiger partial charge >= 0.3 is 0 Å². The molecule has 5 heteroatoms. The van der Waals surface area contributed by atoms with E-state index < -0.39 is 0 Å². The minimum atomic E-state index is 0.641. The van der Waals surface area contributed by atoms with E-state index in [1.54, 1.807) is 0 Å². The van der Waals surface area contributed by atoms with Crippen molar-refractivity contribution in [1.82, 2.24) is 19.9 Å². The molecule has 0 spiro atoms. The van der Waals surface area contributed by atoms with Crippen LogP contribution in [0, 0.1) is 6.92 Å². The Labute approximate surface area is 148 Å². The number of fused-ring (bicyclic) bond motifs is 1. The quantitative estimate of drug-likeness (QED) is 0.732. The van der Waals surface area contributed by atoms with Crippen molar-refractivity contribution in [3.05, 3.63) is 59.7 Å². The lowest BCUT2D eigenvalue weighted by Crippen LogP contribution is -2.30. The molecule has 0 aliphatic carbocycles. The molecule has 1 fully saturated rings. The summed E-state index contributed by atoms with van der Waals surface area (Å²) >= 11 is 0. The molecule has 5 nitrogen and oxygen atoms in total. The number of rotatable bonds is 4. The van der Waals surface area contributed by atoms with E-state index >= 15 is 0 Å². The van der Waals surface area contributed by atoms with E-state index in [1.807, 2.05) is 6.92 Å². The third kappa shape index (κ3) is 3.89. The highest BCUT2D eigenvalue weighted by atomic mass is 16.5. The molecule has 0 unspecified atom stereocenters. The molecule has 130 valence electrons. The van der Waals surface area contributed by atoms with Gasteiger partial charge in [-0.15, -0.1) is 0 Å². The molecule has 2 aromatic carbocycles. The summed E-state index contributed by atoms with van der Waals surface area (Å²) in [5, 5.41) is 6.71. The Morgan fingerprint density at radius 3 is 2.48 bits per heavy atom. The number of hydrogen-bond donors (Lipinski definition) is 0. The SMILES string of the molecule is Cc1nc(CN2CCCN(Cc3cccc4ccccc34)CC2)no1. The number of aryl methyl sites for hydroxylation is 1. The Hall–Kier alpha value is -2.24. The van der Waals surface area contributed by atoms with Gasteiger partial charge in [-0.3, -0.25) is 9.80 Å². The summed E-state index contributed by atoms with van der Waals surface area (Å²) in [6.07, 6.45) is 1.17. The molecule has 1 saturated heterocycles. The van der Waals surface area contributed by atoms with Crippen LogP contribution >= 0.6 is 0 Å². The third-order valence-electron chi connectivity index (χ3n) is 4.89. The van der Waals surface area contributed by atoms with Crippen LogP contribution in [0.25, 0.3) is 10.8 Å². The highest BCUT2D eigenvalue weighted by Gasteiger charge is 2.17. The molecule has 0 amide bonds. The van der Waals surface area contributed by atoms with Crippen molar-refractivity contribution in [3.8, 4) is 0 Å². The first-order chi connectivity index (χ1) is 12.3. The minimum Gasteiger partial charge on any atom is -0.340 e. The first kappa shape index (κ1) is 16.2. The van der Waals surface area contributed by atoms with Gasteiger partial charge in [-0.05, 0) is 35.8 Å². The summed E-state index contributed by atoms with van der Waals surface area (Å²) in [6, 6.07) is 15.3. The van der Waals surface area contributed by atoms with Gasteiger partial charge in [0, 0.05) is 26.6 Å². The monoisotopic (exact) mass is 336 g/mol. The molecule has 0 N–H and O–H groups in total. The summed E-state index contributed by atoms with van der Waals surface area (Å²) in [5.74, 6) is 1.43. The van der Waals surface area contributed by atoms with Crippen LogP contribution in [0.4, 0.5) is 0 Å². The summed E-state index contributed by atoms with van der Waals surface area (Å²) < 4.78 is 5.08. The maximum absolute atomic E-state index is 5.08. The second-order valence-electron chi connectivity index (χ2n) is 6.77. The third-order valence-corrected chi connectivity index (χ3v) is 4.89. The van der Waals surface area contributed by atoms with Gasteiger partial charge in [0.05, 0.1) is 6.54 Å². The van der Waals surface area contributed by atoms with Crippen molar-refractivity contribution in [2.45, 2.75) is 26.4 Å². The summed E-state index contributed by atoms with van der Waals surface area (Å²) in [6.45, 7) is 7.95. The van der Waals surface area contributed by atoms with Crippen LogP contribution in [0.3, 0.4) is 0 Å². The van der Waals surface area contributed by atoms with Gasteiger partial charge in [-0.1, -0.05) is 47.6 Å². The molecule has 0 atom stereocenters. The molecule has 25 heavy (non-hydrogen) atoms. The van der Waals surface area contributed by atoms with Crippen LogP contribution < -0.4 is 0 Å². The van der Waals surface area contributed by atoms with Gasteiger partial charge in [-0.25, -0.2) is 0 Å². The molecule has 4 rings (SSSR count). The normalized spacial score (nSPS) is 17.0. The standard InChI is InChI=1S/C20H24N4O/c1-16-21-20(22-25-16)15-24-11-5-10-23(12-13-24)14-18-8-4-7-17-6-2-3-9-19(17)18/h2-4,6-9H,5,10-15H2,1H3. The van der Waals surface area contributed by atoms with Crippen LogP contribution in [0.5, 0.6) is 0 Å². The van der Waals surface area contributed by atoms with Crippen LogP contribution in [-0.4, -0.2) is 46.1 Å². The Morgan fingerprint density at radius 2 is 1.68 bits per heavy atom. The fourth-order valence-corrected chi connectivity index (χ4v) is 3.62. The number of benzene rings is 2. The molecule has 1 aliphatic rings. The minimum absolute atomic E-state index is 0.641. The van der Waals surface area contributed by atoms with E-state index in [0.717, 1.165) is 45.1 Å². The number of aromatic nitrogens is 2. The van der Waals surface area contributed by atoms with Gasteiger partial charge in [0.2, 0.25) is 5.89 Å². The van der Waals surface area contributed by atoms with E-state index in [1.165, 1.54) is 22.8 Å². The van der Waals surface area contributed by atoms with Crippen LogP contribution in [0.2, 0.25) is 0 Å². The highest BCUT2D eigenvalue weighted by molar-refractivity contribution is 5.85. The lowest BCUT2D eigenvalue weighted by molar-refractivity contribution is 0.241. The fraction of sp³-hybridized carbons (Fsp3) is 0.400. The zero-order valence-corrected chi connectivity index (χ0v) is 14.7. The second kappa shape index (κ2) is 7.33. The number of nitrogens with zero attached hydrogens (tertiary/aromatic N) is 4. The smallest absolute Gasteiger partial charge is 0.223 e. The average molecular weight is 336 g/mol. The van der Waals surface area contributed by atoms with Crippen molar-refractivity contribution in [2.24, 2.45) is 0 Å². The van der Waals surface area contributed by atoms with Gasteiger partial charge in [0.15, 0.2) is 5.82 Å². The Balaban J connectivity index is 1.40. The molecule has 0 bridgehead atoms. The molecule has 2 heterocycles. The van der Waals surface area contributed by atoms with E-state index in [-0.39, 0.29) is 0 Å². The maximum Gasteiger partial charge on any atom is 0.223 e. The number of hydrogen-bond acceptors (Lipinski definition) is 5. The predicted molar refractivity (Wildman–Crippen MR) is 98.2 cm³/mol. The van der Waals surface area contributed by atoms with Crippen molar-refractivity contribution < 1.29 is 4.52 Å². The molecule has 1 aromatic heterocycles. The topological polar surface area (TPSA) is 45.4 Å². The Kier molecular flexibility index (Phi) is 4.76. The lowest BCUT2D eigenvalue weighted by atomic mass is 10.0. The van der Waals surface area contributed by atoms with E-state index in [2.05, 4.69) is 62.4 Å². The van der Waals surface area contributed by atoms with Crippen LogP contribution in [-0.2, 0) is 13.1 Å². The fourth-order valence-electron chi connectivity index (χ4n) is 3.62. The van der Waals surface area contributed by atoms with Gasteiger partial charge in [-0.2, -0.15) is 4.98 Å². The highest BCUT2D eigenvalue weighted by Crippen LogP contribution is 2.20. The maximum atomic E-state index is 5.08. The summed E-state index contributed by atoms with van der Waals surface area (Å²) in [7, 11) is 0. The average Bonchev–Trinajstić information content (AvgIpc) is 2.91. The molecule has 3 aromatic rings. The largest absolute Gasteiger partial charge is 0.340 e. The second-order valence-corrected chi connectivity index (χ2v) is 6.77. The Bertz CT molecular complexity index is 839.